The van der Waals surface area contributed by atoms with E-state index in [9.17, 15) is 0 Å². The number of para-hydroxylation sites is 1. The van der Waals surface area contributed by atoms with Gasteiger partial charge < -0.3 is 14.8 Å². The molecule has 3 heteroatoms. The van der Waals surface area contributed by atoms with Gasteiger partial charge in [0.15, 0.2) is 0 Å². The van der Waals surface area contributed by atoms with Crippen molar-refractivity contribution in [3.8, 4) is 11.5 Å². The van der Waals surface area contributed by atoms with Gasteiger partial charge >= 0.3 is 0 Å². The molecule has 3 nitrogen and oxygen atoms in total. The molecule has 0 spiro atoms. The molecule has 0 atom stereocenters. The molecule has 0 aliphatic carbocycles. The minimum absolute atomic E-state index is 0.182. The Kier molecular flexibility index (Phi) is 4.96. The van der Waals surface area contributed by atoms with Crippen molar-refractivity contribution in [2.75, 3.05) is 12.4 Å². The molecule has 0 aliphatic rings. The van der Waals surface area contributed by atoms with Crippen LogP contribution in [0.3, 0.4) is 0 Å². The number of methoxy groups -OCH3 is 1. The fourth-order valence-corrected chi connectivity index (χ4v) is 2.29. The van der Waals surface area contributed by atoms with Crippen molar-refractivity contribution in [1.82, 2.24) is 0 Å². The van der Waals surface area contributed by atoms with E-state index in [1.165, 1.54) is 0 Å². The number of benzene rings is 2. The Hall–Kier alpha value is -2.16. The highest BCUT2D eigenvalue weighted by atomic mass is 16.5. The zero-order chi connectivity index (χ0) is 16.2. The Bertz CT molecular complexity index is 630. The molecule has 0 unspecified atom stereocenters. The fourth-order valence-electron chi connectivity index (χ4n) is 2.29. The largest absolute Gasteiger partial charge is 0.496 e. The summed E-state index contributed by atoms with van der Waals surface area (Å²) in [6.07, 6.45) is 0. The second-order valence-electron chi connectivity index (χ2n) is 6.36. The van der Waals surface area contributed by atoms with Crippen molar-refractivity contribution < 1.29 is 9.47 Å². The minimum atomic E-state index is -0.182. The number of anilines is 1. The second-order valence-corrected chi connectivity index (χ2v) is 6.36. The van der Waals surface area contributed by atoms with E-state index in [1.807, 2.05) is 24.3 Å². The molecule has 0 amide bonds. The highest BCUT2D eigenvalue weighted by molar-refractivity contribution is 5.54. The van der Waals surface area contributed by atoms with Crippen LogP contribution in [-0.4, -0.2) is 12.7 Å². The van der Waals surface area contributed by atoms with Gasteiger partial charge in [-0.25, -0.2) is 0 Å². The molecular formula is C19H25NO2. The summed E-state index contributed by atoms with van der Waals surface area (Å²) in [5, 5.41) is 3.46. The molecule has 0 saturated heterocycles. The SMILES string of the molecule is COc1ccccc1CNc1ccc(OC(C)(C)C)cc1C. The summed E-state index contributed by atoms with van der Waals surface area (Å²) >= 11 is 0. The number of rotatable bonds is 5. The van der Waals surface area contributed by atoms with Crippen molar-refractivity contribution in [2.24, 2.45) is 0 Å². The molecule has 2 rings (SSSR count). The summed E-state index contributed by atoms with van der Waals surface area (Å²) in [6, 6.07) is 14.2. The lowest BCUT2D eigenvalue weighted by Crippen LogP contribution is -2.22. The van der Waals surface area contributed by atoms with Gasteiger partial charge in [-0.3, -0.25) is 0 Å². The van der Waals surface area contributed by atoms with Crippen LogP contribution < -0.4 is 14.8 Å². The van der Waals surface area contributed by atoms with Gasteiger partial charge in [0, 0.05) is 17.8 Å². The number of ether oxygens (including phenoxy) is 2. The van der Waals surface area contributed by atoms with Gasteiger partial charge in [-0.05, 0) is 57.5 Å². The van der Waals surface area contributed by atoms with Gasteiger partial charge in [-0.15, -0.1) is 0 Å². The molecular weight excluding hydrogens is 274 g/mol. The Morgan fingerprint density at radius 3 is 2.41 bits per heavy atom. The molecule has 0 radical (unpaired) electrons. The normalized spacial score (nSPS) is 11.1. The van der Waals surface area contributed by atoms with Crippen molar-refractivity contribution in [1.29, 1.82) is 0 Å². The van der Waals surface area contributed by atoms with Crippen LogP contribution in [0, 0.1) is 6.92 Å². The molecule has 2 aromatic rings. The van der Waals surface area contributed by atoms with Crippen molar-refractivity contribution in [3.05, 3.63) is 53.6 Å². The molecule has 22 heavy (non-hydrogen) atoms. The quantitative estimate of drug-likeness (QED) is 0.860. The first-order chi connectivity index (χ1) is 10.4. The van der Waals surface area contributed by atoms with E-state index >= 15 is 0 Å². The van der Waals surface area contributed by atoms with E-state index in [4.69, 9.17) is 9.47 Å². The molecule has 0 aliphatic heterocycles. The van der Waals surface area contributed by atoms with Crippen molar-refractivity contribution in [2.45, 2.75) is 39.8 Å². The molecule has 0 aromatic heterocycles. The lowest BCUT2D eigenvalue weighted by atomic mass is 10.1. The van der Waals surface area contributed by atoms with Crippen LogP contribution in [0.1, 0.15) is 31.9 Å². The smallest absolute Gasteiger partial charge is 0.123 e. The predicted molar refractivity (Wildman–Crippen MR) is 91.9 cm³/mol. The van der Waals surface area contributed by atoms with Crippen LogP contribution in [0.15, 0.2) is 42.5 Å². The minimum Gasteiger partial charge on any atom is -0.496 e. The first kappa shape index (κ1) is 16.2. The third-order valence-corrected chi connectivity index (χ3v) is 3.28. The van der Waals surface area contributed by atoms with Crippen molar-refractivity contribution >= 4 is 5.69 Å². The van der Waals surface area contributed by atoms with Crippen LogP contribution in [0.5, 0.6) is 11.5 Å². The summed E-state index contributed by atoms with van der Waals surface area (Å²) in [5.74, 6) is 1.80. The Morgan fingerprint density at radius 1 is 1.05 bits per heavy atom. The maximum Gasteiger partial charge on any atom is 0.123 e. The van der Waals surface area contributed by atoms with Gasteiger partial charge in [-0.2, -0.15) is 0 Å². The lowest BCUT2D eigenvalue weighted by Gasteiger charge is -2.22. The highest BCUT2D eigenvalue weighted by Gasteiger charge is 2.12. The molecule has 2 aromatic carbocycles. The van der Waals surface area contributed by atoms with Crippen LogP contribution in [-0.2, 0) is 6.54 Å². The lowest BCUT2D eigenvalue weighted by molar-refractivity contribution is 0.131. The van der Waals surface area contributed by atoms with E-state index in [2.05, 4.69) is 51.2 Å². The average molecular weight is 299 g/mol. The first-order valence-electron chi connectivity index (χ1n) is 7.54. The summed E-state index contributed by atoms with van der Waals surface area (Å²) in [4.78, 5) is 0. The third-order valence-electron chi connectivity index (χ3n) is 3.28. The molecule has 0 fully saturated rings. The Morgan fingerprint density at radius 2 is 1.77 bits per heavy atom. The Labute approximate surface area is 133 Å². The number of hydrogen-bond donors (Lipinski definition) is 1. The monoisotopic (exact) mass is 299 g/mol. The van der Waals surface area contributed by atoms with E-state index in [0.717, 1.165) is 34.9 Å². The van der Waals surface area contributed by atoms with Crippen LogP contribution in [0.25, 0.3) is 0 Å². The molecule has 118 valence electrons. The fraction of sp³-hybridized carbons (Fsp3) is 0.368. The van der Waals surface area contributed by atoms with Gasteiger partial charge in [0.25, 0.3) is 0 Å². The standard InChI is InChI=1S/C19H25NO2/c1-14-12-16(22-19(2,3)4)10-11-17(14)20-13-15-8-6-7-9-18(15)21-5/h6-12,20H,13H2,1-5H3. The second kappa shape index (κ2) is 6.73. The molecule has 0 bridgehead atoms. The average Bonchev–Trinajstić information content (AvgIpc) is 2.45. The molecule has 0 saturated carbocycles. The highest BCUT2D eigenvalue weighted by Crippen LogP contribution is 2.26. The summed E-state index contributed by atoms with van der Waals surface area (Å²) < 4.78 is 11.3. The van der Waals surface area contributed by atoms with Crippen molar-refractivity contribution in [3.63, 3.8) is 0 Å². The zero-order valence-corrected chi connectivity index (χ0v) is 14.1. The topological polar surface area (TPSA) is 30.5 Å². The van der Waals surface area contributed by atoms with Crippen LogP contribution in [0.4, 0.5) is 5.69 Å². The van der Waals surface area contributed by atoms with Gasteiger partial charge in [0.2, 0.25) is 0 Å². The van der Waals surface area contributed by atoms with Crippen LogP contribution in [0.2, 0.25) is 0 Å². The molecule has 0 heterocycles. The number of aryl methyl sites for hydroxylation is 1. The van der Waals surface area contributed by atoms with Gasteiger partial charge in [0.05, 0.1) is 7.11 Å². The molecule has 1 N–H and O–H groups in total. The number of hydrogen-bond acceptors (Lipinski definition) is 3. The predicted octanol–water partition coefficient (Wildman–Crippen LogP) is 4.79. The maximum absolute atomic E-state index is 5.89. The Balaban J connectivity index is 2.07. The zero-order valence-electron chi connectivity index (χ0n) is 14.1. The first-order valence-corrected chi connectivity index (χ1v) is 7.54. The van der Waals surface area contributed by atoms with Gasteiger partial charge in [0.1, 0.15) is 17.1 Å². The number of nitrogens with one attached hydrogen (secondary N) is 1. The van der Waals surface area contributed by atoms with E-state index < -0.39 is 0 Å². The van der Waals surface area contributed by atoms with E-state index in [0.29, 0.717) is 0 Å². The van der Waals surface area contributed by atoms with Gasteiger partial charge in [-0.1, -0.05) is 18.2 Å². The summed E-state index contributed by atoms with van der Waals surface area (Å²) in [5.41, 5.74) is 3.22. The third kappa shape index (κ3) is 4.42. The summed E-state index contributed by atoms with van der Waals surface area (Å²) in [6.45, 7) is 8.97. The summed E-state index contributed by atoms with van der Waals surface area (Å²) in [7, 11) is 1.70. The van der Waals surface area contributed by atoms with Crippen LogP contribution >= 0.6 is 0 Å². The van der Waals surface area contributed by atoms with E-state index in [-0.39, 0.29) is 5.60 Å². The van der Waals surface area contributed by atoms with E-state index in [1.54, 1.807) is 7.11 Å². The maximum atomic E-state index is 5.89.